The Balaban J connectivity index is 1.30. The Bertz CT molecular complexity index is 1430. The van der Waals surface area contributed by atoms with Crippen molar-refractivity contribution in [1.29, 1.82) is 0 Å². The third-order valence-electron chi connectivity index (χ3n) is 6.22. The van der Waals surface area contributed by atoms with Gasteiger partial charge in [-0.2, -0.15) is 0 Å². The van der Waals surface area contributed by atoms with Crippen molar-refractivity contribution in [1.82, 2.24) is 15.5 Å². The smallest absolute Gasteiger partial charge is 0.387 e. The fourth-order valence-electron chi connectivity index (χ4n) is 4.11. The molecule has 0 aliphatic carbocycles. The molecule has 2 heterocycles. The number of aliphatic hydroxyl groups excluding tert-OH is 2. The number of rotatable bonds is 10. The second-order valence-corrected chi connectivity index (χ2v) is 12.8. The van der Waals surface area contributed by atoms with Gasteiger partial charge in [0.25, 0.3) is 0 Å². The molecule has 5 unspecified atom stereocenters. The van der Waals surface area contributed by atoms with E-state index in [1.165, 1.54) is 24.4 Å². The topological polar surface area (TPSA) is 216 Å². The molecule has 1 fully saturated rings. The Kier molecular flexibility index (Phi) is 9.83. The number of amides is 4. The fraction of sp³-hybridized carbons (Fsp3) is 0.333. The Morgan fingerprint density at radius 1 is 1.12 bits per heavy atom. The molecular weight excluding hydrogens is 601 g/mol. The second-order valence-electron chi connectivity index (χ2n) is 9.40. The normalized spacial score (nSPS) is 26.7. The van der Waals surface area contributed by atoms with Gasteiger partial charge in [-0.05, 0) is 48.4 Å². The molecule has 15 nitrogen and oxygen atoms in total. The molecule has 18 heteroatoms. The number of nitrogens with zero attached hydrogens (tertiary/aromatic N) is 1. The molecule has 2 aliphatic heterocycles. The van der Waals surface area contributed by atoms with E-state index in [0.29, 0.717) is 16.8 Å². The number of phosphoric ester groups is 1. The summed E-state index contributed by atoms with van der Waals surface area (Å²) < 4.78 is 52.6. The molecule has 4 amide bonds. The lowest BCUT2D eigenvalue weighted by atomic mass is 10.1. The first-order valence-electron chi connectivity index (χ1n) is 12.4. The SMILES string of the molecule is Cc1ccccc1CP(=O)(O)OP(=O)(O)OC[C@H]1O[C@@H](N2C=CC(NC(=O)Nc3ccc(F)cc3)NC2=O)C(O)C1O. The molecule has 2 aromatic rings. The van der Waals surface area contributed by atoms with Crippen LogP contribution in [0, 0.1) is 12.7 Å². The molecule has 0 radical (unpaired) electrons. The average molecular weight is 630 g/mol. The van der Waals surface area contributed by atoms with Crippen LogP contribution in [0.3, 0.4) is 0 Å². The zero-order chi connectivity index (χ0) is 30.7. The molecule has 7 atom stereocenters. The summed E-state index contributed by atoms with van der Waals surface area (Å²) in [5.74, 6) is -0.484. The highest BCUT2D eigenvalue weighted by molar-refractivity contribution is 7.63. The number of carbonyl (C=O) groups excluding carboxylic acids is 2. The van der Waals surface area contributed by atoms with Crippen molar-refractivity contribution in [2.75, 3.05) is 11.9 Å². The maximum absolute atomic E-state index is 13.0. The molecule has 0 aromatic heterocycles. The molecule has 0 bridgehead atoms. The van der Waals surface area contributed by atoms with Gasteiger partial charge in [0.05, 0.1) is 12.8 Å². The maximum Gasteiger partial charge on any atom is 0.479 e. The zero-order valence-corrected chi connectivity index (χ0v) is 23.7. The van der Waals surface area contributed by atoms with Gasteiger partial charge in [0.2, 0.25) is 0 Å². The first-order chi connectivity index (χ1) is 19.7. The molecule has 4 rings (SSSR count). The van der Waals surface area contributed by atoms with Crippen LogP contribution in [-0.2, 0) is 28.9 Å². The number of benzene rings is 2. The number of carbonyl (C=O) groups is 2. The third-order valence-corrected chi connectivity index (χ3v) is 9.28. The van der Waals surface area contributed by atoms with Crippen LogP contribution in [0.2, 0.25) is 0 Å². The predicted octanol–water partition coefficient (Wildman–Crippen LogP) is 2.09. The van der Waals surface area contributed by atoms with E-state index in [9.17, 15) is 43.1 Å². The average Bonchev–Trinajstić information content (AvgIpc) is 3.18. The Morgan fingerprint density at radius 3 is 2.48 bits per heavy atom. The summed E-state index contributed by atoms with van der Waals surface area (Å²) in [5.41, 5.74) is 1.39. The van der Waals surface area contributed by atoms with Crippen LogP contribution < -0.4 is 16.0 Å². The number of aliphatic hydroxyl groups is 2. The van der Waals surface area contributed by atoms with Crippen molar-refractivity contribution in [3.63, 3.8) is 0 Å². The van der Waals surface area contributed by atoms with Crippen LogP contribution in [-0.4, -0.2) is 74.3 Å². The summed E-state index contributed by atoms with van der Waals surface area (Å²) in [6.07, 6.45) is -5.32. The minimum absolute atomic E-state index is 0.303. The van der Waals surface area contributed by atoms with Gasteiger partial charge in [0.1, 0.15) is 30.3 Å². The van der Waals surface area contributed by atoms with Gasteiger partial charge in [0, 0.05) is 11.9 Å². The number of urea groups is 2. The lowest BCUT2D eigenvalue weighted by Gasteiger charge is -2.32. The maximum atomic E-state index is 13.0. The predicted molar refractivity (Wildman–Crippen MR) is 144 cm³/mol. The van der Waals surface area contributed by atoms with Crippen molar-refractivity contribution in [2.45, 2.75) is 43.8 Å². The van der Waals surface area contributed by atoms with E-state index in [-0.39, 0.29) is 0 Å². The van der Waals surface area contributed by atoms with E-state index in [1.54, 1.807) is 31.2 Å². The lowest BCUT2D eigenvalue weighted by Crippen LogP contribution is -2.57. The van der Waals surface area contributed by atoms with Crippen LogP contribution in [0.5, 0.6) is 0 Å². The quantitative estimate of drug-likeness (QED) is 0.189. The molecule has 42 heavy (non-hydrogen) atoms. The van der Waals surface area contributed by atoms with Gasteiger partial charge in [-0.25, -0.2) is 22.9 Å². The molecule has 0 saturated carbocycles. The van der Waals surface area contributed by atoms with E-state index in [0.717, 1.165) is 17.0 Å². The van der Waals surface area contributed by atoms with Gasteiger partial charge in [-0.15, -0.1) is 0 Å². The van der Waals surface area contributed by atoms with Crippen molar-refractivity contribution in [2.24, 2.45) is 0 Å². The molecule has 2 aromatic carbocycles. The zero-order valence-electron chi connectivity index (χ0n) is 21.9. The number of aryl methyl sites for hydroxylation is 1. The number of ether oxygens (including phenoxy) is 1. The highest BCUT2D eigenvalue weighted by Gasteiger charge is 2.48. The van der Waals surface area contributed by atoms with Crippen molar-refractivity contribution < 1.29 is 56.7 Å². The van der Waals surface area contributed by atoms with Crippen LogP contribution in [0.15, 0.2) is 60.8 Å². The fourth-order valence-corrected chi connectivity index (χ4v) is 6.94. The minimum Gasteiger partial charge on any atom is -0.387 e. The Morgan fingerprint density at radius 2 is 1.81 bits per heavy atom. The van der Waals surface area contributed by atoms with Crippen molar-refractivity contribution in [3.8, 4) is 0 Å². The molecule has 0 spiro atoms. The van der Waals surface area contributed by atoms with Crippen LogP contribution in [0.25, 0.3) is 0 Å². The molecule has 7 N–H and O–H groups in total. The number of hydrogen-bond acceptors (Lipinski definition) is 9. The van der Waals surface area contributed by atoms with E-state index in [1.807, 2.05) is 0 Å². The molecular formula is C24H29FN4O11P2. The number of hydrogen-bond donors (Lipinski definition) is 7. The lowest BCUT2D eigenvalue weighted by molar-refractivity contribution is -0.0654. The van der Waals surface area contributed by atoms with Crippen molar-refractivity contribution in [3.05, 3.63) is 77.8 Å². The standard InChI is InChI=1S/C24H29FN4O11P2/c1-14-4-2-3-5-15(14)13-41(34,35)40-42(36,37)38-12-18-20(30)21(31)22(39-18)29-11-10-19(28-24(29)33)27-23(32)26-17-8-6-16(25)7-9-17/h2-11,18-22,30-31H,12-13H2,1H3,(H,28,33)(H,34,35)(H,36,37)(H2,26,27,32)/t18-,19?,20?,21?,22-/m1/s1. The van der Waals surface area contributed by atoms with Gasteiger partial charge in [0.15, 0.2) is 6.23 Å². The first-order valence-corrected chi connectivity index (χ1v) is 15.7. The number of halogens is 1. The van der Waals surface area contributed by atoms with Gasteiger partial charge in [-0.1, -0.05) is 24.3 Å². The van der Waals surface area contributed by atoms with Crippen LogP contribution in [0.1, 0.15) is 11.1 Å². The molecule has 228 valence electrons. The molecule has 1 saturated heterocycles. The third kappa shape index (κ3) is 8.22. The van der Waals surface area contributed by atoms with E-state index < -0.39 is 76.8 Å². The Labute approximate surface area is 239 Å². The first kappa shape index (κ1) is 31.8. The Hall–Kier alpha value is -3.17. The number of anilines is 1. The van der Waals surface area contributed by atoms with Crippen molar-refractivity contribution >= 4 is 33.2 Å². The summed E-state index contributed by atoms with van der Waals surface area (Å²) in [4.78, 5) is 45.8. The largest absolute Gasteiger partial charge is 0.479 e. The second kappa shape index (κ2) is 13.0. The van der Waals surface area contributed by atoms with Crippen LogP contribution in [0.4, 0.5) is 19.7 Å². The van der Waals surface area contributed by atoms with Gasteiger partial charge < -0.3 is 40.7 Å². The monoisotopic (exact) mass is 630 g/mol. The highest BCUT2D eigenvalue weighted by Crippen LogP contribution is 2.61. The molecule has 2 aliphatic rings. The summed E-state index contributed by atoms with van der Waals surface area (Å²) >= 11 is 0. The number of nitrogens with one attached hydrogen (secondary N) is 3. The summed E-state index contributed by atoms with van der Waals surface area (Å²) in [6.45, 7) is 0.839. The van der Waals surface area contributed by atoms with Gasteiger partial charge in [-0.3, -0.25) is 14.0 Å². The van der Waals surface area contributed by atoms with E-state index in [4.69, 9.17) is 9.26 Å². The minimum atomic E-state index is -5.14. The van der Waals surface area contributed by atoms with E-state index in [2.05, 4.69) is 20.3 Å². The summed E-state index contributed by atoms with van der Waals surface area (Å²) in [5, 5.41) is 28.2. The van der Waals surface area contributed by atoms with Gasteiger partial charge >= 0.3 is 27.5 Å². The number of phosphoric acid groups is 1. The highest BCUT2D eigenvalue weighted by atomic mass is 31.3. The summed E-state index contributed by atoms with van der Waals surface area (Å²) in [6, 6.07) is 10.0. The van der Waals surface area contributed by atoms with Crippen LogP contribution >= 0.6 is 15.4 Å². The summed E-state index contributed by atoms with van der Waals surface area (Å²) in [7, 11) is -9.78. The van der Waals surface area contributed by atoms with E-state index >= 15 is 0 Å².